The van der Waals surface area contributed by atoms with Crippen LogP contribution < -0.4 is 15.0 Å². The summed E-state index contributed by atoms with van der Waals surface area (Å²) in [6.45, 7) is 1.81. The number of anilines is 1. The second kappa shape index (κ2) is 9.63. The number of nitrogens with one attached hydrogen (secondary N) is 1. The molecule has 38 heavy (non-hydrogen) atoms. The van der Waals surface area contributed by atoms with Gasteiger partial charge in [0.1, 0.15) is 0 Å². The minimum absolute atomic E-state index is 0.0263. The lowest BCUT2D eigenvalue weighted by Crippen LogP contribution is -2.54. The number of amides is 2. The van der Waals surface area contributed by atoms with Crippen molar-refractivity contribution in [1.82, 2.24) is 5.32 Å². The maximum absolute atomic E-state index is 13.9. The average molecular weight is 533 g/mol. The number of phenols is 1. The Bertz CT molecular complexity index is 1470. The van der Waals surface area contributed by atoms with Crippen LogP contribution in [0.1, 0.15) is 16.7 Å². The molecule has 2 aliphatic heterocycles. The van der Waals surface area contributed by atoms with Crippen LogP contribution >= 0.6 is 11.6 Å². The van der Waals surface area contributed by atoms with Gasteiger partial charge in [0.2, 0.25) is 11.8 Å². The minimum atomic E-state index is -1.84. The number of rotatable bonds is 6. The fraction of sp³-hybridized carbons (Fsp3) is 0.207. The van der Waals surface area contributed by atoms with Crippen molar-refractivity contribution in [3.05, 3.63) is 94.5 Å². The number of methoxy groups -OCH3 is 1. The first-order chi connectivity index (χ1) is 18.2. The van der Waals surface area contributed by atoms with Gasteiger partial charge in [-0.25, -0.2) is 9.69 Å². The second-order valence-electron chi connectivity index (χ2n) is 9.39. The quantitative estimate of drug-likeness (QED) is 0.409. The van der Waals surface area contributed by atoms with Crippen molar-refractivity contribution in [2.24, 2.45) is 11.8 Å². The highest BCUT2D eigenvalue weighted by Gasteiger charge is 2.68. The lowest BCUT2D eigenvalue weighted by Gasteiger charge is -2.31. The Kier molecular flexibility index (Phi) is 6.46. The normalized spacial score (nSPS) is 24.7. The monoisotopic (exact) mass is 532 g/mol. The molecule has 0 saturated carbocycles. The number of carboxylic acid groups (broad SMARTS) is 1. The Morgan fingerprint density at radius 1 is 1.08 bits per heavy atom. The highest BCUT2D eigenvalue weighted by molar-refractivity contribution is 6.32. The average Bonchev–Trinajstić information content (AvgIpc) is 3.39. The third-order valence-corrected chi connectivity index (χ3v) is 7.69. The first kappa shape index (κ1) is 25.5. The van der Waals surface area contributed by atoms with E-state index in [-0.39, 0.29) is 11.5 Å². The molecule has 8 nitrogen and oxygen atoms in total. The van der Waals surface area contributed by atoms with E-state index < -0.39 is 41.2 Å². The number of halogens is 1. The molecule has 9 heteroatoms. The maximum atomic E-state index is 13.9. The van der Waals surface area contributed by atoms with E-state index in [0.717, 1.165) is 10.5 Å². The molecular weight excluding hydrogens is 508 g/mol. The van der Waals surface area contributed by atoms with Gasteiger partial charge >= 0.3 is 5.97 Å². The van der Waals surface area contributed by atoms with Gasteiger partial charge in [0.15, 0.2) is 17.0 Å². The Morgan fingerprint density at radius 2 is 1.82 bits per heavy atom. The van der Waals surface area contributed by atoms with Crippen molar-refractivity contribution in [3.63, 3.8) is 0 Å². The molecule has 2 saturated heterocycles. The zero-order valence-corrected chi connectivity index (χ0v) is 21.3. The lowest BCUT2D eigenvalue weighted by molar-refractivity contribution is -0.149. The number of carboxylic acids is 1. The van der Waals surface area contributed by atoms with Gasteiger partial charge in [-0.3, -0.25) is 14.9 Å². The van der Waals surface area contributed by atoms with E-state index in [2.05, 4.69) is 5.32 Å². The number of hydrogen-bond donors (Lipinski definition) is 3. The summed E-state index contributed by atoms with van der Waals surface area (Å²) in [5, 5.41) is 24.0. The zero-order chi connectivity index (χ0) is 27.2. The number of ether oxygens (including phenoxy) is 1. The molecule has 0 radical (unpaired) electrons. The van der Waals surface area contributed by atoms with E-state index in [9.17, 15) is 24.6 Å². The lowest BCUT2D eigenvalue weighted by atomic mass is 9.76. The molecular formula is C29H25ClN2O6. The largest absolute Gasteiger partial charge is 0.504 e. The van der Waals surface area contributed by atoms with Gasteiger partial charge in [-0.15, -0.1) is 0 Å². The number of aryl methyl sites for hydroxylation is 1. The van der Waals surface area contributed by atoms with Crippen LogP contribution in [-0.4, -0.2) is 41.1 Å². The van der Waals surface area contributed by atoms with Gasteiger partial charge in [-0.05, 0) is 47.9 Å². The summed E-state index contributed by atoms with van der Waals surface area (Å²) in [6, 6.07) is 17.3. The topological polar surface area (TPSA) is 116 Å². The fourth-order valence-electron chi connectivity index (χ4n) is 5.39. The molecule has 3 N–H and O–H groups in total. The number of phenolic OH excluding ortho intramolecular Hbond substituents is 1. The fourth-order valence-corrected chi connectivity index (χ4v) is 5.56. The Balaban J connectivity index is 1.63. The Hall–Kier alpha value is -4.14. The summed E-state index contributed by atoms with van der Waals surface area (Å²) < 4.78 is 5.17. The molecule has 3 aromatic carbocycles. The van der Waals surface area contributed by atoms with Gasteiger partial charge in [0, 0.05) is 11.1 Å². The number of carbonyl (C=O) groups excluding carboxylic acids is 2. The number of aliphatic carboxylic acids is 1. The Morgan fingerprint density at radius 3 is 2.47 bits per heavy atom. The summed E-state index contributed by atoms with van der Waals surface area (Å²) in [5.41, 5.74) is 0.261. The zero-order valence-electron chi connectivity index (χ0n) is 20.6. The number of benzene rings is 3. The molecule has 194 valence electrons. The molecule has 0 bridgehead atoms. The maximum Gasteiger partial charge on any atom is 0.329 e. The van der Waals surface area contributed by atoms with Crippen molar-refractivity contribution in [2.75, 3.05) is 12.0 Å². The van der Waals surface area contributed by atoms with Crippen molar-refractivity contribution in [3.8, 4) is 11.5 Å². The van der Waals surface area contributed by atoms with E-state index in [1.807, 2.05) is 6.92 Å². The molecule has 2 heterocycles. The van der Waals surface area contributed by atoms with Crippen LogP contribution in [-0.2, 0) is 19.9 Å². The predicted molar refractivity (Wildman–Crippen MR) is 142 cm³/mol. The van der Waals surface area contributed by atoms with E-state index in [0.29, 0.717) is 21.8 Å². The molecule has 0 spiro atoms. The summed E-state index contributed by atoms with van der Waals surface area (Å²) in [7, 11) is 1.43. The van der Waals surface area contributed by atoms with Gasteiger partial charge in [0.05, 0.1) is 24.6 Å². The molecule has 2 aliphatic rings. The summed E-state index contributed by atoms with van der Waals surface area (Å²) in [6.07, 6.45) is 3.37. The summed E-state index contributed by atoms with van der Waals surface area (Å²) in [5.74, 6) is -4.34. The van der Waals surface area contributed by atoms with Crippen molar-refractivity contribution in [2.45, 2.75) is 18.5 Å². The summed E-state index contributed by atoms with van der Waals surface area (Å²) in [4.78, 5) is 41.8. The third-order valence-electron chi connectivity index (χ3n) is 7.28. The molecule has 2 fully saturated rings. The van der Waals surface area contributed by atoms with Crippen LogP contribution in [0, 0.1) is 18.8 Å². The first-order valence-corrected chi connectivity index (χ1v) is 12.3. The van der Waals surface area contributed by atoms with Gasteiger partial charge in [-0.2, -0.15) is 0 Å². The molecule has 4 unspecified atom stereocenters. The van der Waals surface area contributed by atoms with E-state index >= 15 is 0 Å². The third kappa shape index (κ3) is 3.93. The molecule has 2 amide bonds. The highest BCUT2D eigenvalue weighted by atomic mass is 35.5. The van der Waals surface area contributed by atoms with Crippen LogP contribution in [0.3, 0.4) is 0 Å². The number of nitrogens with zero attached hydrogens (tertiary/aromatic N) is 1. The van der Waals surface area contributed by atoms with Crippen molar-refractivity contribution < 1.29 is 29.3 Å². The van der Waals surface area contributed by atoms with Crippen LogP contribution in [0.2, 0.25) is 5.02 Å². The van der Waals surface area contributed by atoms with Gasteiger partial charge in [0.25, 0.3) is 0 Å². The smallest absolute Gasteiger partial charge is 0.329 e. The van der Waals surface area contributed by atoms with Gasteiger partial charge < -0.3 is 14.9 Å². The molecule has 4 atom stereocenters. The predicted octanol–water partition coefficient (Wildman–Crippen LogP) is 4.13. The van der Waals surface area contributed by atoms with Crippen LogP contribution in [0.4, 0.5) is 5.69 Å². The SMILES string of the molecule is COc1cc(/C=C/C2NC(C(=O)O)(c3ccccc3)C3C(=O)N(c4ccc(C)c(Cl)c4)C(=O)C23)ccc1O. The first-order valence-electron chi connectivity index (χ1n) is 11.9. The van der Waals surface area contributed by atoms with Crippen molar-refractivity contribution in [1.29, 1.82) is 0 Å². The molecule has 0 aromatic heterocycles. The number of carbonyl (C=O) groups is 3. The standard InChI is InChI=1S/C29H25ClN2O6/c1-16-8-11-19(15-20(16)30)32-26(34)24-21(12-9-17-10-13-22(33)23(14-17)38-2)31-29(28(36)37,25(24)27(32)35)18-6-4-3-5-7-18/h3-15,21,24-25,31,33H,1-2H3,(H,36,37)/b12-9+. The number of aromatic hydroxyl groups is 1. The number of imide groups is 1. The molecule has 3 aromatic rings. The minimum Gasteiger partial charge on any atom is -0.504 e. The van der Waals surface area contributed by atoms with Gasteiger partial charge in [-0.1, -0.05) is 66.2 Å². The van der Waals surface area contributed by atoms with E-state index in [4.69, 9.17) is 16.3 Å². The highest BCUT2D eigenvalue weighted by Crippen LogP contribution is 2.50. The van der Waals surface area contributed by atoms with Crippen LogP contribution in [0.5, 0.6) is 11.5 Å². The molecule has 5 rings (SSSR count). The number of fused-ring (bicyclic) bond motifs is 1. The van der Waals surface area contributed by atoms with Crippen LogP contribution in [0.25, 0.3) is 6.08 Å². The Labute approximate surface area is 224 Å². The number of hydrogen-bond acceptors (Lipinski definition) is 6. The van der Waals surface area contributed by atoms with Crippen molar-refractivity contribution >= 4 is 41.1 Å². The molecule has 0 aliphatic carbocycles. The van der Waals surface area contributed by atoms with E-state index in [1.165, 1.54) is 13.2 Å². The second-order valence-corrected chi connectivity index (χ2v) is 9.80. The van der Waals surface area contributed by atoms with Crippen LogP contribution in [0.15, 0.2) is 72.8 Å². The summed E-state index contributed by atoms with van der Waals surface area (Å²) >= 11 is 6.30. The van der Waals surface area contributed by atoms with E-state index in [1.54, 1.807) is 72.8 Å².